The summed E-state index contributed by atoms with van der Waals surface area (Å²) < 4.78 is 0. The first kappa shape index (κ1) is 24.5. The lowest BCUT2D eigenvalue weighted by Gasteiger charge is -2.62. The van der Waals surface area contributed by atoms with Crippen molar-refractivity contribution < 1.29 is 10.2 Å². The van der Waals surface area contributed by atoms with Crippen molar-refractivity contribution in [1.82, 2.24) is 0 Å². The molecular formula is C29H49NO2. The molecule has 0 radical (unpaired) electrons. The zero-order chi connectivity index (χ0) is 23.5. The third-order valence-electron chi connectivity index (χ3n) is 11.3. The van der Waals surface area contributed by atoms with Crippen LogP contribution in [0.25, 0.3) is 0 Å². The summed E-state index contributed by atoms with van der Waals surface area (Å²) in [6.45, 7) is 14.3. The predicted octanol–water partition coefficient (Wildman–Crippen LogP) is 6.14. The van der Waals surface area contributed by atoms with Crippen molar-refractivity contribution in [2.75, 3.05) is 6.61 Å². The van der Waals surface area contributed by atoms with Gasteiger partial charge in [0.05, 0.1) is 12.7 Å². The second-order valence-corrected chi connectivity index (χ2v) is 13.1. The summed E-state index contributed by atoms with van der Waals surface area (Å²) in [5.74, 6) is 1.77. The maximum Gasteiger partial charge on any atom is 0.0639 e. The number of nitrogens with two attached hydrogens (primary N) is 1. The van der Waals surface area contributed by atoms with Gasteiger partial charge in [0.15, 0.2) is 0 Å². The van der Waals surface area contributed by atoms with Crippen molar-refractivity contribution in [2.45, 2.75) is 117 Å². The first-order chi connectivity index (χ1) is 14.9. The van der Waals surface area contributed by atoms with Crippen LogP contribution in [0.2, 0.25) is 0 Å². The van der Waals surface area contributed by atoms with Gasteiger partial charge in [-0.2, -0.15) is 0 Å². The first-order valence-electron chi connectivity index (χ1n) is 13.4. The van der Waals surface area contributed by atoms with Crippen LogP contribution in [-0.2, 0) is 0 Å². The van der Waals surface area contributed by atoms with Gasteiger partial charge in [0.2, 0.25) is 0 Å². The van der Waals surface area contributed by atoms with Crippen molar-refractivity contribution in [2.24, 2.45) is 39.7 Å². The number of hydrogen-bond acceptors (Lipinski definition) is 3. The molecule has 4 aliphatic rings. The van der Waals surface area contributed by atoms with E-state index in [9.17, 15) is 10.2 Å². The molecule has 3 nitrogen and oxygen atoms in total. The third kappa shape index (κ3) is 3.40. The highest BCUT2D eigenvalue weighted by Crippen LogP contribution is 2.68. The molecule has 0 aliphatic heterocycles. The Kier molecular flexibility index (Phi) is 6.30. The molecule has 0 bridgehead atoms. The molecule has 7 atom stereocenters. The van der Waals surface area contributed by atoms with Crippen molar-refractivity contribution in [3.05, 3.63) is 22.8 Å². The van der Waals surface area contributed by atoms with Crippen LogP contribution in [0.5, 0.6) is 0 Å². The molecule has 0 aromatic rings. The Morgan fingerprint density at radius 3 is 2.47 bits per heavy atom. The Balaban J connectivity index is 1.62. The quantitative estimate of drug-likeness (QED) is 0.447. The van der Waals surface area contributed by atoms with E-state index in [0.29, 0.717) is 17.8 Å². The van der Waals surface area contributed by atoms with Crippen molar-refractivity contribution in [1.29, 1.82) is 0 Å². The van der Waals surface area contributed by atoms with Crippen LogP contribution in [0.4, 0.5) is 0 Å². The van der Waals surface area contributed by atoms with E-state index >= 15 is 0 Å². The molecule has 4 aliphatic carbocycles. The largest absolute Gasteiger partial charge is 0.393 e. The van der Waals surface area contributed by atoms with Gasteiger partial charge in [-0.1, -0.05) is 57.4 Å². The molecule has 0 aromatic heterocycles. The summed E-state index contributed by atoms with van der Waals surface area (Å²) in [6.07, 6.45) is 13.4. The minimum Gasteiger partial charge on any atom is -0.393 e. The van der Waals surface area contributed by atoms with Crippen LogP contribution in [-0.4, -0.2) is 28.5 Å². The Morgan fingerprint density at radius 1 is 1.06 bits per heavy atom. The van der Waals surface area contributed by atoms with E-state index in [2.05, 4.69) is 40.7 Å². The van der Waals surface area contributed by atoms with Crippen molar-refractivity contribution in [3.63, 3.8) is 0 Å². The fourth-order valence-corrected chi connectivity index (χ4v) is 9.14. The lowest BCUT2D eigenvalue weighted by atomic mass is 9.44. The molecule has 0 amide bonds. The zero-order valence-corrected chi connectivity index (χ0v) is 21.6. The van der Waals surface area contributed by atoms with E-state index < -0.39 is 0 Å². The van der Waals surface area contributed by atoms with Crippen LogP contribution in [0.15, 0.2) is 22.8 Å². The van der Waals surface area contributed by atoms with Crippen molar-refractivity contribution in [3.8, 4) is 0 Å². The van der Waals surface area contributed by atoms with Crippen LogP contribution < -0.4 is 5.73 Å². The number of fused-ring (bicyclic) bond motifs is 4. The summed E-state index contributed by atoms with van der Waals surface area (Å²) in [4.78, 5) is 0. The molecule has 4 rings (SSSR count). The normalized spacial score (nSPS) is 44.7. The highest BCUT2D eigenvalue weighted by Gasteiger charge is 2.63. The minimum atomic E-state index is -0.171. The summed E-state index contributed by atoms with van der Waals surface area (Å²) in [6, 6.07) is 0. The molecule has 3 unspecified atom stereocenters. The van der Waals surface area contributed by atoms with Gasteiger partial charge in [-0.05, 0) is 99.7 Å². The minimum absolute atomic E-state index is 0.00334. The lowest BCUT2D eigenvalue weighted by molar-refractivity contribution is -0.0937. The van der Waals surface area contributed by atoms with E-state index in [1.807, 2.05) is 6.92 Å². The van der Waals surface area contributed by atoms with Gasteiger partial charge in [0.25, 0.3) is 0 Å². The molecule has 3 heteroatoms. The third-order valence-corrected chi connectivity index (χ3v) is 11.3. The number of rotatable bonds is 5. The van der Waals surface area contributed by atoms with Crippen LogP contribution >= 0.6 is 0 Å². The highest BCUT2D eigenvalue weighted by molar-refractivity contribution is 5.40. The van der Waals surface area contributed by atoms with Gasteiger partial charge in [0, 0.05) is 11.0 Å². The maximum atomic E-state index is 10.8. The standard InChI is InChI=1S/C29H49NO2/c1-19(18-31)8-7-9-20(2)21-12-16-28(6)23-10-11-24-26(3,4)25(32)14-15-27(24,5)22(23)13-17-29(21,28)30/h8,20-21,24-25,31-32H,7,9-18,30H2,1-6H3/b19-8-/t20?,21-,24?,25?,27+,28+,29+/m0/s1. The smallest absolute Gasteiger partial charge is 0.0639 e. The summed E-state index contributed by atoms with van der Waals surface area (Å²) >= 11 is 0. The van der Waals surface area contributed by atoms with E-state index in [1.165, 1.54) is 25.7 Å². The van der Waals surface area contributed by atoms with Crippen LogP contribution in [0.3, 0.4) is 0 Å². The molecule has 2 fully saturated rings. The Hall–Kier alpha value is -0.640. The SMILES string of the molecule is C/C(=C/CCC(C)[C@@H]1CC[C@]2(C)C3=C(CC[C@@]12N)[C@@]1(C)CCC(O)C(C)(C)C1CC3)CO. The highest BCUT2D eigenvalue weighted by atomic mass is 16.3. The Bertz CT molecular complexity index is 797. The molecule has 0 saturated heterocycles. The van der Waals surface area contributed by atoms with Gasteiger partial charge in [-0.15, -0.1) is 0 Å². The molecule has 0 spiro atoms. The van der Waals surface area contributed by atoms with E-state index in [-0.39, 0.29) is 34.5 Å². The number of aliphatic hydroxyl groups is 2. The Labute approximate surface area is 196 Å². The number of aliphatic hydroxyl groups excluding tert-OH is 2. The predicted molar refractivity (Wildman–Crippen MR) is 133 cm³/mol. The molecule has 0 heterocycles. The lowest BCUT2D eigenvalue weighted by Crippen LogP contribution is -2.61. The summed E-state index contributed by atoms with van der Waals surface area (Å²) in [5, 5.41) is 20.1. The van der Waals surface area contributed by atoms with Gasteiger partial charge in [-0.25, -0.2) is 0 Å². The molecule has 2 saturated carbocycles. The van der Waals surface area contributed by atoms with Gasteiger partial charge in [0.1, 0.15) is 0 Å². The molecule has 32 heavy (non-hydrogen) atoms. The fraction of sp³-hybridized carbons (Fsp3) is 0.862. The molecular weight excluding hydrogens is 394 g/mol. The van der Waals surface area contributed by atoms with E-state index in [4.69, 9.17) is 5.73 Å². The summed E-state index contributed by atoms with van der Waals surface area (Å²) in [7, 11) is 0. The fourth-order valence-electron chi connectivity index (χ4n) is 9.14. The zero-order valence-electron chi connectivity index (χ0n) is 21.6. The topological polar surface area (TPSA) is 66.5 Å². The van der Waals surface area contributed by atoms with Gasteiger partial charge >= 0.3 is 0 Å². The number of hydrogen-bond donors (Lipinski definition) is 3. The first-order valence-corrected chi connectivity index (χ1v) is 13.4. The Morgan fingerprint density at radius 2 is 1.78 bits per heavy atom. The second kappa shape index (κ2) is 8.24. The van der Waals surface area contributed by atoms with Crippen molar-refractivity contribution >= 4 is 0 Å². The number of allylic oxidation sites excluding steroid dienone is 2. The van der Waals surface area contributed by atoms with Crippen LogP contribution in [0.1, 0.15) is 106 Å². The molecule has 182 valence electrons. The van der Waals surface area contributed by atoms with E-state index in [1.54, 1.807) is 11.1 Å². The summed E-state index contributed by atoms with van der Waals surface area (Å²) in [5.41, 5.74) is 12.3. The second-order valence-electron chi connectivity index (χ2n) is 13.1. The van der Waals surface area contributed by atoms with Crippen LogP contribution in [0, 0.1) is 34.0 Å². The van der Waals surface area contributed by atoms with Gasteiger partial charge < -0.3 is 15.9 Å². The average Bonchev–Trinajstić information content (AvgIpc) is 3.02. The average molecular weight is 444 g/mol. The van der Waals surface area contributed by atoms with E-state index in [0.717, 1.165) is 44.1 Å². The van der Waals surface area contributed by atoms with Gasteiger partial charge in [-0.3, -0.25) is 0 Å². The maximum absolute atomic E-state index is 10.8. The monoisotopic (exact) mass is 443 g/mol. The molecule has 0 aromatic carbocycles. The molecule has 4 N–H and O–H groups in total.